The van der Waals surface area contributed by atoms with Gasteiger partial charge in [0.25, 0.3) is 0 Å². The minimum absolute atomic E-state index is 0. The monoisotopic (exact) mass is 549 g/mol. The van der Waals surface area contributed by atoms with Crippen LogP contribution < -0.4 is 0 Å². The summed E-state index contributed by atoms with van der Waals surface area (Å²) in [5, 5.41) is 29.9. The van der Waals surface area contributed by atoms with E-state index in [1.807, 2.05) is 24.3 Å². The molecule has 0 unspecified atom stereocenters. The summed E-state index contributed by atoms with van der Waals surface area (Å²) < 4.78 is 15.6. The van der Waals surface area contributed by atoms with E-state index in [2.05, 4.69) is 18.4 Å². The SMILES string of the molecule is CC(C)n1c(/C=C/[C@@H](O)C[C@@H](O)CC(=O)O)c(-c2ccc(F)cc2)c2ccccc21.[Ba+2]. The first kappa shape index (κ1) is 25.9. The van der Waals surface area contributed by atoms with Crippen LogP contribution in [0.25, 0.3) is 28.1 Å². The molecule has 3 aromatic rings. The van der Waals surface area contributed by atoms with Crippen molar-refractivity contribution in [3.63, 3.8) is 0 Å². The smallest absolute Gasteiger partial charge is 0.481 e. The Morgan fingerprint density at radius 2 is 1.74 bits per heavy atom. The zero-order valence-corrected chi connectivity index (χ0v) is 22.1. The normalized spacial score (nSPS) is 13.5. The van der Waals surface area contributed by atoms with Crippen molar-refractivity contribution in [1.82, 2.24) is 4.57 Å². The zero-order valence-electron chi connectivity index (χ0n) is 17.7. The number of nitrogens with zero attached hydrogens (tertiary/aromatic N) is 1. The van der Waals surface area contributed by atoms with E-state index < -0.39 is 24.6 Å². The average Bonchev–Trinajstić information content (AvgIpc) is 3.00. The Kier molecular flexibility index (Phi) is 9.57. The van der Waals surface area contributed by atoms with Crippen LogP contribution >= 0.6 is 0 Å². The number of rotatable bonds is 8. The van der Waals surface area contributed by atoms with Crippen LogP contribution in [0, 0.1) is 5.82 Å². The minimum atomic E-state index is -1.13. The number of benzene rings is 2. The van der Waals surface area contributed by atoms with Gasteiger partial charge in [-0.15, -0.1) is 0 Å². The molecule has 0 spiro atoms. The summed E-state index contributed by atoms with van der Waals surface area (Å²) in [4.78, 5) is 10.7. The van der Waals surface area contributed by atoms with Gasteiger partial charge in [0.1, 0.15) is 5.82 Å². The number of aromatic nitrogens is 1. The number of carboxylic acids is 1. The van der Waals surface area contributed by atoms with Crippen molar-refractivity contribution in [3.05, 3.63) is 66.1 Å². The number of hydrogen-bond acceptors (Lipinski definition) is 3. The van der Waals surface area contributed by atoms with Gasteiger partial charge in [-0.2, -0.15) is 0 Å². The van der Waals surface area contributed by atoms with E-state index >= 15 is 0 Å². The van der Waals surface area contributed by atoms with E-state index in [0.717, 1.165) is 27.7 Å². The molecular weight excluding hydrogens is 523 g/mol. The molecule has 0 saturated heterocycles. The van der Waals surface area contributed by atoms with Crippen molar-refractivity contribution in [3.8, 4) is 11.1 Å². The molecule has 2 aromatic carbocycles. The van der Waals surface area contributed by atoms with Gasteiger partial charge in [0, 0.05) is 34.6 Å². The molecule has 3 N–H and O–H groups in total. The first-order valence-electron chi connectivity index (χ1n) is 9.93. The van der Waals surface area contributed by atoms with Gasteiger partial charge < -0.3 is 19.9 Å². The summed E-state index contributed by atoms with van der Waals surface area (Å²) in [6.45, 7) is 4.12. The third kappa shape index (κ3) is 6.32. The summed E-state index contributed by atoms with van der Waals surface area (Å²) in [6.07, 6.45) is 0.727. The maximum Gasteiger partial charge on any atom is 2.00 e. The van der Waals surface area contributed by atoms with Crippen molar-refractivity contribution in [2.24, 2.45) is 0 Å². The van der Waals surface area contributed by atoms with E-state index in [1.54, 1.807) is 24.3 Å². The second-order valence-electron chi connectivity index (χ2n) is 7.66. The molecule has 2 atom stereocenters. The number of carboxylic acid groups (broad SMARTS) is 1. The van der Waals surface area contributed by atoms with E-state index in [4.69, 9.17) is 5.11 Å². The van der Waals surface area contributed by atoms with Crippen LogP contribution in [-0.4, -0.2) is 86.9 Å². The number of carbonyl (C=O) groups is 1. The van der Waals surface area contributed by atoms with Gasteiger partial charge in [0.05, 0.1) is 18.6 Å². The largest absolute Gasteiger partial charge is 2.00 e. The fourth-order valence-electron chi connectivity index (χ4n) is 3.77. The first-order valence-corrected chi connectivity index (χ1v) is 9.93. The summed E-state index contributed by atoms with van der Waals surface area (Å²) in [6, 6.07) is 14.4. The Morgan fingerprint density at radius 1 is 1.10 bits per heavy atom. The van der Waals surface area contributed by atoms with Crippen molar-refractivity contribution >= 4 is 71.8 Å². The van der Waals surface area contributed by atoms with Gasteiger partial charge in [-0.1, -0.05) is 36.4 Å². The Morgan fingerprint density at radius 3 is 2.35 bits per heavy atom. The number of aliphatic hydroxyl groups is 2. The third-order valence-corrected chi connectivity index (χ3v) is 5.00. The molecule has 1 aromatic heterocycles. The van der Waals surface area contributed by atoms with Crippen molar-refractivity contribution in [2.45, 2.75) is 44.9 Å². The molecular formula is C24H26BaFNO4+2. The van der Waals surface area contributed by atoms with E-state index in [0.29, 0.717) is 0 Å². The van der Waals surface area contributed by atoms with Crippen LogP contribution in [0.1, 0.15) is 38.4 Å². The fraction of sp³-hybridized carbons (Fsp3) is 0.292. The standard InChI is InChI=1S/C24H26FNO4.Ba/c1-15(2)26-21-6-4-3-5-20(21)24(16-7-9-17(25)10-8-16)22(26)12-11-18(27)13-19(28)14-23(29)30;/h3-12,15,18-19,27-28H,13-14H2,1-2H3,(H,29,30);/q;+2/b12-11+;/t18-,19-;/m1./s1. The quantitative estimate of drug-likeness (QED) is 0.368. The van der Waals surface area contributed by atoms with E-state index in [9.17, 15) is 19.4 Å². The van der Waals surface area contributed by atoms with Crippen LogP contribution in [-0.2, 0) is 4.79 Å². The van der Waals surface area contributed by atoms with Gasteiger partial charge in [0.2, 0.25) is 0 Å². The van der Waals surface area contributed by atoms with Gasteiger partial charge in [0.15, 0.2) is 0 Å². The topological polar surface area (TPSA) is 82.7 Å². The maximum absolute atomic E-state index is 13.5. The molecule has 5 nitrogen and oxygen atoms in total. The van der Waals surface area contributed by atoms with Gasteiger partial charge in [-0.3, -0.25) is 4.79 Å². The molecule has 158 valence electrons. The average molecular weight is 549 g/mol. The van der Waals surface area contributed by atoms with Crippen molar-refractivity contribution < 1.29 is 24.5 Å². The number of hydrogen-bond donors (Lipinski definition) is 3. The molecule has 3 rings (SSSR count). The molecule has 0 bridgehead atoms. The Hall–Kier alpha value is -1.39. The van der Waals surface area contributed by atoms with Crippen LogP contribution in [0.15, 0.2) is 54.6 Å². The molecule has 0 radical (unpaired) electrons. The second kappa shape index (κ2) is 11.5. The number of aliphatic carboxylic acids is 1. The molecule has 0 amide bonds. The van der Waals surface area contributed by atoms with Gasteiger partial charge >= 0.3 is 54.9 Å². The third-order valence-electron chi connectivity index (χ3n) is 5.00. The first-order chi connectivity index (χ1) is 14.3. The molecule has 0 aliphatic carbocycles. The number of halogens is 1. The van der Waals surface area contributed by atoms with Crippen LogP contribution in [0.2, 0.25) is 0 Å². The molecule has 1 heterocycles. The van der Waals surface area contributed by atoms with Crippen molar-refractivity contribution in [2.75, 3.05) is 0 Å². The van der Waals surface area contributed by atoms with E-state index in [-0.39, 0.29) is 67.2 Å². The Labute approximate surface area is 221 Å². The maximum atomic E-state index is 13.5. The molecule has 0 fully saturated rings. The zero-order chi connectivity index (χ0) is 21.8. The number of para-hydroxylation sites is 1. The van der Waals surface area contributed by atoms with Gasteiger partial charge in [-0.25, -0.2) is 4.39 Å². The molecule has 31 heavy (non-hydrogen) atoms. The molecule has 0 aliphatic heterocycles. The Balaban J connectivity index is 0.00000341. The Bertz CT molecular complexity index is 1060. The summed E-state index contributed by atoms with van der Waals surface area (Å²) >= 11 is 0. The van der Waals surface area contributed by atoms with Gasteiger partial charge in [-0.05, 0) is 43.7 Å². The van der Waals surface area contributed by atoms with Crippen LogP contribution in [0.5, 0.6) is 0 Å². The molecule has 0 aliphatic rings. The number of fused-ring (bicyclic) bond motifs is 1. The predicted molar refractivity (Wildman–Crippen MR) is 121 cm³/mol. The minimum Gasteiger partial charge on any atom is -0.481 e. The van der Waals surface area contributed by atoms with Crippen molar-refractivity contribution in [1.29, 1.82) is 0 Å². The van der Waals surface area contributed by atoms with Crippen LogP contribution in [0.3, 0.4) is 0 Å². The van der Waals surface area contributed by atoms with E-state index in [1.165, 1.54) is 12.1 Å². The summed E-state index contributed by atoms with van der Waals surface area (Å²) in [5.74, 6) is -1.43. The molecule has 0 saturated carbocycles. The molecule has 7 heteroatoms. The summed E-state index contributed by atoms with van der Waals surface area (Å²) in [7, 11) is 0. The predicted octanol–water partition coefficient (Wildman–Crippen LogP) is 4.25. The van der Waals surface area contributed by atoms with Crippen LogP contribution in [0.4, 0.5) is 4.39 Å². The summed E-state index contributed by atoms with van der Waals surface area (Å²) in [5.41, 5.74) is 3.65. The fourth-order valence-corrected chi connectivity index (χ4v) is 3.77. The number of aliphatic hydroxyl groups excluding tert-OH is 2. The second-order valence-corrected chi connectivity index (χ2v) is 7.66.